The normalized spacial score (nSPS) is 10.9. The minimum Gasteiger partial charge on any atom is -0.143 e. The van der Waals surface area contributed by atoms with E-state index in [-0.39, 0.29) is 0 Å². The lowest BCUT2D eigenvalue weighted by molar-refractivity contribution is 1.48. The van der Waals surface area contributed by atoms with Crippen molar-refractivity contribution in [3.63, 3.8) is 0 Å². The highest BCUT2D eigenvalue weighted by atomic mass is 35.5. The van der Waals surface area contributed by atoms with Crippen LogP contribution in [0.15, 0.2) is 22.4 Å². The van der Waals surface area contributed by atoms with Crippen molar-refractivity contribution in [2.75, 3.05) is 0 Å². The molecule has 0 N–H and O–H groups in total. The van der Waals surface area contributed by atoms with Gasteiger partial charge in [0.1, 0.15) is 0 Å². The van der Waals surface area contributed by atoms with Crippen molar-refractivity contribution in [3.8, 4) is 0 Å². The standard InChI is InChI=1S/C9H7ClS2/c1-5-4-7(10)8(11)9-6(5)2-3-12-9/h2-4,11H,1H3. The maximum absolute atomic E-state index is 5.98. The molecule has 0 nitrogen and oxygen atoms in total. The van der Waals surface area contributed by atoms with Crippen molar-refractivity contribution in [1.29, 1.82) is 0 Å². The average Bonchev–Trinajstić information content (AvgIpc) is 2.48. The predicted octanol–water partition coefficient (Wildman–Crippen LogP) is 4.15. The van der Waals surface area contributed by atoms with Gasteiger partial charge in [0, 0.05) is 9.60 Å². The molecular formula is C9H7ClS2. The van der Waals surface area contributed by atoms with Crippen molar-refractivity contribution in [1.82, 2.24) is 0 Å². The number of thiol groups is 1. The molecule has 0 spiro atoms. The first kappa shape index (κ1) is 8.42. The van der Waals surface area contributed by atoms with Gasteiger partial charge in [0.15, 0.2) is 0 Å². The van der Waals surface area contributed by atoms with Crippen LogP contribution in [0.25, 0.3) is 10.1 Å². The molecule has 62 valence electrons. The number of halogens is 1. The summed E-state index contributed by atoms with van der Waals surface area (Å²) in [6.45, 7) is 2.06. The zero-order valence-corrected chi connectivity index (χ0v) is 8.93. The first-order valence-corrected chi connectivity index (χ1v) is 5.26. The molecule has 0 bridgehead atoms. The van der Waals surface area contributed by atoms with Crippen LogP contribution in [0.4, 0.5) is 0 Å². The molecule has 0 saturated heterocycles. The van der Waals surface area contributed by atoms with Crippen LogP contribution in [0.5, 0.6) is 0 Å². The molecule has 2 rings (SSSR count). The van der Waals surface area contributed by atoms with Crippen LogP contribution in [-0.4, -0.2) is 0 Å². The Labute approximate surface area is 85.6 Å². The molecule has 1 aromatic carbocycles. The molecular weight excluding hydrogens is 208 g/mol. The summed E-state index contributed by atoms with van der Waals surface area (Å²) >= 11 is 12.0. The van der Waals surface area contributed by atoms with Gasteiger partial charge in [-0.25, -0.2) is 0 Å². The third kappa shape index (κ3) is 1.15. The summed E-state index contributed by atoms with van der Waals surface area (Å²) in [5.41, 5.74) is 1.22. The van der Waals surface area contributed by atoms with Gasteiger partial charge in [-0.1, -0.05) is 11.6 Å². The molecule has 0 atom stereocenters. The Morgan fingerprint density at radius 1 is 1.50 bits per heavy atom. The predicted molar refractivity (Wildman–Crippen MR) is 58.8 cm³/mol. The van der Waals surface area contributed by atoms with E-state index < -0.39 is 0 Å². The smallest absolute Gasteiger partial charge is 0.0556 e. The summed E-state index contributed by atoms with van der Waals surface area (Å²) in [5.74, 6) is 0. The second-order valence-corrected chi connectivity index (χ2v) is 4.46. The summed E-state index contributed by atoms with van der Waals surface area (Å²) < 4.78 is 1.18. The molecule has 12 heavy (non-hydrogen) atoms. The van der Waals surface area contributed by atoms with E-state index in [0.29, 0.717) is 0 Å². The fourth-order valence-corrected chi connectivity index (χ4v) is 2.82. The maximum atomic E-state index is 5.98. The van der Waals surface area contributed by atoms with E-state index in [0.717, 1.165) is 9.92 Å². The SMILES string of the molecule is Cc1cc(Cl)c(S)c2sccc12. The lowest BCUT2D eigenvalue weighted by atomic mass is 10.1. The molecule has 1 aromatic heterocycles. The lowest BCUT2D eigenvalue weighted by Crippen LogP contribution is -1.76. The van der Waals surface area contributed by atoms with Gasteiger partial charge in [0.05, 0.1) is 5.02 Å². The van der Waals surface area contributed by atoms with E-state index in [2.05, 4.69) is 31.0 Å². The van der Waals surface area contributed by atoms with E-state index in [4.69, 9.17) is 11.6 Å². The van der Waals surface area contributed by atoms with Crippen LogP contribution in [0.2, 0.25) is 5.02 Å². The van der Waals surface area contributed by atoms with Crippen LogP contribution in [0.3, 0.4) is 0 Å². The minimum absolute atomic E-state index is 0.741. The third-order valence-corrected chi connectivity index (χ3v) is 3.85. The summed E-state index contributed by atoms with van der Waals surface area (Å²) in [6, 6.07) is 4.06. The van der Waals surface area contributed by atoms with Crippen molar-refractivity contribution in [3.05, 3.63) is 28.1 Å². The van der Waals surface area contributed by atoms with Gasteiger partial charge in [-0.3, -0.25) is 0 Å². The largest absolute Gasteiger partial charge is 0.143 e. The van der Waals surface area contributed by atoms with Gasteiger partial charge < -0.3 is 0 Å². The Balaban J connectivity index is 2.97. The quantitative estimate of drug-likeness (QED) is 0.626. The molecule has 0 aliphatic carbocycles. The number of fused-ring (bicyclic) bond motifs is 1. The summed E-state index contributed by atoms with van der Waals surface area (Å²) in [5, 5.41) is 4.06. The number of hydrogen-bond donors (Lipinski definition) is 1. The number of hydrogen-bond acceptors (Lipinski definition) is 2. The van der Waals surface area contributed by atoms with Crippen molar-refractivity contribution < 1.29 is 0 Å². The van der Waals surface area contributed by atoms with E-state index in [1.165, 1.54) is 15.6 Å². The number of aryl methyl sites for hydroxylation is 1. The van der Waals surface area contributed by atoms with Gasteiger partial charge in [0.25, 0.3) is 0 Å². The second kappa shape index (κ2) is 2.95. The van der Waals surface area contributed by atoms with Crippen LogP contribution in [-0.2, 0) is 0 Å². The second-order valence-electron chi connectivity index (χ2n) is 2.69. The third-order valence-electron chi connectivity index (χ3n) is 1.87. The zero-order valence-electron chi connectivity index (χ0n) is 6.47. The van der Waals surface area contributed by atoms with E-state index in [9.17, 15) is 0 Å². The van der Waals surface area contributed by atoms with Gasteiger partial charge in [0.2, 0.25) is 0 Å². The van der Waals surface area contributed by atoms with Crippen molar-refractivity contribution in [2.24, 2.45) is 0 Å². The van der Waals surface area contributed by atoms with Crippen molar-refractivity contribution in [2.45, 2.75) is 11.8 Å². The van der Waals surface area contributed by atoms with Gasteiger partial charge in [-0.05, 0) is 35.4 Å². The monoisotopic (exact) mass is 214 g/mol. The Bertz CT molecular complexity index is 431. The Kier molecular flexibility index (Phi) is 2.07. The van der Waals surface area contributed by atoms with E-state index >= 15 is 0 Å². The molecule has 0 fully saturated rings. The lowest BCUT2D eigenvalue weighted by Gasteiger charge is -2.01. The zero-order chi connectivity index (χ0) is 8.72. The molecule has 1 heterocycles. The highest BCUT2D eigenvalue weighted by Crippen LogP contribution is 2.35. The van der Waals surface area contributed by atoms with Gasteiger partial charge in [-0.2, -0.15) is 0 Å². The highest BCUT2D eigenvalue weighted by molar-refractivity contribution is 7.81. The van der Waals surface area contributed by atoms with Crippen molar-refractivity contribution >= 4 is 45.7 Å². The molecule has 0 unspecified atom stereocenters. The Morgan fingerprint density at radius 3 is 3.00 bits per heavy atom. The van der Waals surface area contributed by atoms with Crippen LogP contribution >= 0.6 is 35.6 Å². The topological polar surface area (TPSA) is 0 Å². The van der Waals surface area contributed by atoms with Gasteiger partial charge >= 0.3 is 0 Å². The Hall–Kier alpha value is -0.180. The number of rotatable bonds is 0. The molecule has 0 aliphatic rings. The molecule has 0 aliphatic heterocycles. The summed E-state index contributed by atoms with van der Waals surface area (Å²) in [6.07, 6.45) is 0. The fraction of sp³-hybridized carbons (Fsp3) is 0.111. The number of thiophene rings is 1. The first-order chi connectivity index (χ1) is 5.70. The summed E-state index contributed by atoms with van der Waals surface area (Å²) in [7, 11) is 0. The maximum Gasteiger partial charge on any atom is 0.0556 e. The van der Waals surface area contributed by atoms with E-state index in [1.807, 2.05) is 6.07 Å². The molecule has 2 aromatic rings. The van der Waals surface area contributed by atoms with Crippen LogP contribution in [0, 0.1) is 6.92 Å². The Morgan fingerprint density at radius 2 is 2.25 bits per heavy atom. The number of benzene rings is 1. The van der Waals surface area contributed by atoms with Crippen LogP contribution in [0.1, 0.15) is 5.56 Å². The average molecular weight is 215 g/mol. The minimum atomic E-state index is 0.741. The molecule has 3 heteroatoms. The highest BCUT2D eigenvalue weighted by Gasteiger charge is 2.06. The molecule has 0 radical (unpaired) electrons. The fourth-order valence-electron chi connectivity index (χ4n) is 1.25. The first-order valence-electron chi connectivity index (χ1n) is 3.55. The molecule has 0 amide bonds. The summed E-state index contributed by atoms with van der Waals surface area (Å²) in [4.78, 5) is 0.896. The van der Waals surface area contributed by atoms with Crippen LogP contribution < -0.4 is 0 Å². The molecule has 0 saturated carbocycles. The van der Waals surface area contributed by atoms with Gasteiger partial charge in [-0.15, -0.1) is 24.0 Å². The van der Waals surface area contributed by atoms with E-state index in [1.54, 1.807) is 11.3 Å².